The SMILES string of the molecule is Cc1ccc(C)c(CN2CCCNC(C)(C3CC3)C2)c1. The van der Waals surface area contributed by atoms with Crippen molar-refractivity contribution in [2.75, 3.05) is 19.6 Å². The van der Waals surface area contributed by atoms with E-state index >= 15 is 0 Å². The first-order valence-electron chi connectivity index (χ1n) is 8.10. The molecule has 0 bridgehead atoms. The molecule has 0 radical (unpaired) electrons. The summed E-state index contributed by atoms with van der Waals surface area (Å²) in [7, 11) is 0. The Bertz CT molecular complexity index is 478. The molecular formula is C18H28N2. The predicted octanol–water partition coefficient (Wildman–Crippen LogP) is 3.27. The van der Waals surface area contributed by atoms with E-state index in [0.717, 1.165) is 12.5 Å². The van der Waals surface area contributed by atoms with Gasteiger partial charge < -0.3 is 5.32 Å². The number of nitrogens with one attached hydrogen (secondary N) is 1. The molecule has 1 heterocycles. The number of aryl methyl sites for hydroxylation is 2. The van der Waals surface area contributed by atoms with Gasteiger partial charge in [0.25, 0.3) is 0 Å². The van der Waals surface area contributed by atoms with Gasteiger partial charge in [-0.2, -0.15) is 0 Å². The molecule has 1 saturated heterocycles. The molecule has 1 aromatic carbocycles. The minimum absolute atomic E-state index is 0.341. The maximum Gasteiger partial charge on any atom is 0.0308 e. The van der Waals surface area contributed by atoms with Gasteiger partial charge in [-0.3, -0.25) is 4.90 Å². The molecule has 110 valence electrons. The molecule has 20 heavy (non-hydrogen) atoms. The summed E-state index contributed by atoms with van der Waals surface area (Å²) in [6.07, 6.45) is 4.11. The Morgan fingerprint density at radius 3 is 2.85 bits per heavy atom. The third kappa shape index (κ3) is 3.07. The second-order valence-electron chi connectivity index (χ2n) is 7.11. The number of hydrogen-bond donors (Lipinski definition) is 1. The maximum atomic E-state index is 3.82. The molecule has 1 unspecified atom stereocenters. The quantitative estimate of drug-likeness (QED) is 0.908. The van der Waals surface area contributed by atoms with E-state index in [-0.39, 0.29) is 0 Å². The van der Waals surface area contributed by atoms with Gasteiger partial charge in [0.1, 0.15) is 0 Å². The van der Waals surface area contributed by atoms with Crippen molar-refractivity contribution in [2.24, 2.45) is 5.92 Å². The van der Waals surface area contributed by atoms with E-state index in [1.165, 1.54) is 55.6 Å². The van der Waals surface area contributed by atoms with Crippen LogP contribution in [0.25, 0.3) is 0 Å². The predicted molar refractivity (Wildman–Crippen MR) is 84.9 cm³/mol. The van der Waals surface area contributed by atoms with Gasteiger partial charge in [-0.15, -0.1) is 0 Å². The van der Waals surface area contributed by atoms with Crippen LogP contribution in [0.15, 0.2) is 18.2 Å². The van der Waals surface area contributed by atoms with E-state index in [2.05, 4.69) is 49.2 Å². The Morgan fingerprint density at radius 2 is 2.10 bits per heavy atom. The highest BCUT2D eigenvalue weighted by Crippen LogP contribution is 2.40. The van der Waals surface area contributed by atoms with Crippen molar-refractivity contribution in [1.82, 2.24) is 10.2 Å². The lowest BCUT2D eigenvalue weighted by Crippen LogP contribution is -2.50. The zero-order chi connectivity index (χ0) is 14.2. The first-order valence-corrected chi connectivity index (χ1v) is 8.10. The summed E-state index contributed by atoms with van der Waals surface area (Å²) < 4.78 is 0. The molecule has 1 aliphatic heterocycles. The fraction of sp³-hybridized carbons (Fsp3) is 0.667. The molecule has 1 aliphatic carbocycles. The van der Waals surface area contributed by atoms with Crippen LogP contribution >= 0.6 is 0 Å². The minimum Gasteiger partial charge on any atom is -0.310 e. The van der Waals surface area contributed by atoms with E-state index in [0.29, 0.717) is 5.54 Å². The molecule has 2 fully saturated rings. The molecule has 1 aromatic rings. The highest BCUT2D eigenvalue weighted by Gasteiger charge is 2.42. The maximum absolute atomic E-state index is 3.82. The molecule has 1 N–H and O–H groups in total. The van der Waals surface area contributed by atoms with E-state index in [9.17, 15) is 0 Å². The summed E-state index contributed by atoms with van der Waals surface area (Å²) in [5.41, 5.74) is 4.66. The molecule has 1 saturated carbocycles. The van der Waals surface area contributed by atoms with Crippen LogP contribution in [0.4, 0.5) is 0 Å². The summed E-state index contributed by atoms with van der Waals surface area (Å²) in [5, 5.41) is 3.82. The Kier molecular flexibility index (Phi) is 3.87. The molecule has 2 aliphatic rings. The number of benzene rings is 1. The van der Waals surface area contributed by atoms with Crippen LogP contribution in [-0.2, 0) is 6.54 Å². The van der Waals surface area contributed by atoms with Crippen molar-refractivity contribution < 1.29 is 0 Å². The van der Waals surface area contributed by atoms with Crippen LogP contribution in [0.5, 0.6) is 0 Å². The highest BCUT2D eigenvalue weighted by atomic mass is 15.2. The fourth-order valence-electron chi connectivity index (χ4n) is 3.62. The van der Waals surface area contributed by atoms with Crippen molar-refractivity contribution >= 4 is 0 Å². The summed E-state index contributed by atoms with van der Waals surface area (Å²) in [4.78, 5) is 2.67. The zero-order valence-electron chi connectivity index (χ0n) is 13.2. The second kappa shape index (κ2) is 5.50. The van der Waals surface area contributed by atoms with Crippen LogP contribution in [-0.4, -0.2) is 30.1 Å². The van der Waals surface area contributed by atoms with Crippen LogP contribution in [0.3, 0.4) is 0 Å². The Balaban J connectivity index is 1.73. The summed E-state index contributed by atoms with van der Waals surface area (Å²) in [5.74, 6) is 0.904. The lowest BCUT2D eigenvalue weighted by Gasteiger charge is -2.34. The minimum atomic E-state index is 0.341. The van der Waals surface area contributed by atoms with Crippen molar-refractivity contribution in [3.8, 4) is 0 Å². The molecule has 0 spiro atoms. The molecule has 2 heteroatoms. The van der Waals surface area contributed by atoms with Crippen molar-refractivity contribution in [2.45, 2.75) is 52.1 Å². The van der Waals surface area contributed by atoms with Crippen LogP contribution in [0, 0.1) is 19.8 Å². The second-order valence-corrected chi connectivity index (χ2v) is 7.11. The molecule has 3 rings (SSSR count). The molecular weight excluding hydrogens is 244 g/mol. The molecule has 0 aromatic heterocycles. The topological polar surface area (TPSA) is 15.3 Å². The van der Waals surface area contributed by atoms with Crippen LogP contribution in [0.1, 0.15) is 42.9 Å². The summed E-state index contributed by atoms with van der Waals surface area (Å²) in [6.45, 7) is 11.6. The third-order valence-corrected chi connectivity index (χ3v) is 5.11. The molecule has 2 nitrogen and oxygen atoms in total. The molecule has 0 amide bonds. The Hall–Kier alpha value is -0.860. The van der Waals surface area contributed by atoms with Gasteiger partial charge in [0.05, 0.1) is 0 Å². The lowest BCUT2D eigenvalue weighted by molar-refractivity contribution is 0.194. The smallest absolute Gasteiger partial charge is 0.0308 e. The first-order chi connectivity index (χ1) is 9.57. The highest BCUT2D eigenvalue weighted by molar-refractivity contribution is 5.30. The van der Waals surface area contributed by atoms with E-state index < -0.39 is 0 Å². The number of nitrogens with zero attached hydrogens (tertiary/aromatic N) is 1. The Labute approximate surface area is 123 Å². The van der Waals surface area contributed by atoms with Crippen LogP contribution in [0.2, 0.25) is 0 Å². The normalized spacial score (nSPS) is 28.4. The lowest BCUT2D eigenvalue weighted by atomic mass is 9.95. The van der Waals surface area contributed by atoms with Crippen molar-refractivity contribution in [3.05, 3.63) is 34.9 Å². The first kappa shape index (κ1) is 14.1. The summed E-state index contributed by atoms with van der Waals surface area (Å²) in [6, 6.07) is 6.85. The van der Waals surface area contributed by atoms with Gasteiger partial charge in [-0.05, 0) is 70.2 Å². The van der Waals surface area contributed by atoms with Gasteiger partial charge in [0.2, 0.25) is 0 Å². The zero-order valence-corrected chi connectivity index (χ0v) is 13.2. The van der Waals surface area contributed by atoms with Crippen molar-refractivity contribution in [1.29, 1.82) is 0 Å². The summed E-state index contributed by atoms with van der Waals surface area (Å²) >= 11 is 0. The number of rotatable bonds is 3. The van der Waals surface area contributed by atoms with E-state index in [4.69, 9.17) is 0 Å². The van der Waals surface area contributed by atoms with Crippen molar-refractivity contribution in [3.63, 3.8) is 0 Å². The van der Waals surface area contributed by atoms with Crippen LogP contribution < -0.4 is 5.32 Å². The van der Waals surface area contributed by atoms with E-state index in [1.807, 2.05) is 0 Å². The third-order valence-electron chi connectivity index (χ3n) is 5.11. The van der Waals surface area contributed by atoms with Gasteiger partial charge >= 0.3 is 0 Å². The monoisotopic (exact) mass is 272 g/mol. The van der Waals surface area contributed by atoms with Gasteiger partial charge in [-0.1, -0.05) is 23.8 Å². The number of hydrogen-bond acceptors (Lipinski definition) is 2. The average Bonchev–Trinajstić information content (AvgIpc) is 3.22. The van der Waals surface area contributed by atoms with Gasteiger partial charge in [0.15, 0.2) is 0 Å². The average molecular weight is 272 g/mol. The standard InChI is InChI=1S/C18H28N2/c1-14-5-6-15(2)16(11-14)12-20-10-4-9-19-18(3,13-20)17-7-8-17/h5-6,11,17,19H,4,7-10,12-13H2,1-3H3. The fourth-order valence-corrected chi connectivity index (χ4v) is 3.62. The van der Waals surface area contributed by atoms with Gasteiger partial charge in [-0.25, -0.2) is 0 Å². The molecule has 1 atom stereocenters. The Morgan fingerprint density at radius 1 is 1.30 bits per heavy atom. The van der Waals surface area contributed by atoms with E-state index in [1.54, 1.807) is 0 Å². The van der Waals surface area contributed by atoms with Gasteiger partial charge in [0, 0.05) is 18.6 Å². The largest absolute Gasteiger partial charge is 0.310 e.